The van der Waals surface area contributed by atoms with Gasteiger partial charge in [0.2, 0.25) is 11.5 Å². The number of aliphatic hydroxyl groups is 1. The van der Waals surface area contributed by atoms with Gasteiger partial charge in [-0.1, -0.05) is 6.07 Å². The van der Waals surface area contributed by atoms with Crippen molar-refractivity contribution in [3.8, 4) is 5.75 Å². The van der Waals surface area contributed by atoms with Crippen LogP contribution < -0.4 is 10.1 Å². The van der Waals surface area contributed by atoms with Crippen molar-refractivity contribution < 1.29 is 32.5 Å². The third kappa shape index (κ3) is 4.98. The van der Waals surface area contributed by atoms with E-state index in [2.05, 4.69) is 10.3 Å². The van der Waals surface area contributed by atoms with Crippen molar-refractivity contribution in [2.75, 3.05) is 25.6 Å². The number of anilines is 1. The maximum atomic E-state index is 13.5. The van der Waals surface area contributed by atoms with E-state index in [1.807, 2.05) is 0 Å². The first-order valence-corrected chi connectivity index (χ1v) is 7.96. The number of alkyl halides is 3. The second-order valence-electron chi connectivity index (χ2n) is 5.81. The number of ether oxygens (including phenoxy) is 2. The van der Waals surface area contributed by atoms with Gasteiger partial charge >= 0.3 is 6.18 Å². The maximum Gasteiger partial charge on any atom is 0.425 e. The normalized spacial score (nSPS) is 13.9. The molecule has 1 aromatic heterocycles. The lowest BCUT2D eigenvalue weighted by Gasteiger charge is -2.29. The molecule has 0 aliphatic rings. The number of carbonyl (C=O) groups is 1. The van der Waals surface area contributed by atoms with E-state index < -0.39 is 29.9 Å². The molecule has 1 aromatic carbocycles. The highest BCUT2D eigenvalue weighted by Gasteiger charge is 2.58. The Kier molecular flexibility index (Phi) is 6.45. The van der Waals surface area contributed by atoms with Crippen molar-refractivity contribution in [3.05, 3.63) is 42.5 Å². The van der Waals surface area contributed by atoms with Gasteiger partial charge in [-0.05, 0) is 12.1 Å². The molecular formula is C17H20F3N3O4. The van der Waals surface area contributed by atoms with Gasteiger partial charge in [0.1, 0.15) is 12.4 Å². The van der Waals surface area contributed by atoms with Crippen molar-refractivity contribution in [3.63, 3.8) is 0 Å². The third-order valence-corrected chi connectivity index (χ3v) is 3.75. The van der Waals surface area contributed by atoms with Crippen LogP contribution in [0.15, 0.2) is 36.7 Å². The quantitative estimate of drug-likeness (QED) is 0.679. The zero-order chi connectivity index (χ0) is 20.1. The van der Waals surface area contributed by atoms with E-state index in [9.17, 15) is 23.1 Å². The van der Waals surface area contributed by atoms with E-state index in [0.717, 1.165) is 10.8 Å². The number of benzene rings is 1. The Bertz CT molecular complexity index is 779. The minimum Gasteiger partial charge on any atom is -0.491 e. The molecule has 10 heteroatoms. The number of aromatic nitrogens is 2. The van der Waals surface area contributed by atoms with Crippen LogP contribution in [0.5, 0.6) is 5.75 Å². The summed E-state index contributed by atoms with van der Waals surface area (Å²) in [6.45, 7) is 0.639. The molecule has 0 saturated carbocycles. The molecule has 7 nitrogen and oxygen atoms in total. The third-order valence-electron chi connectivity index (χ3n) is 3.75. The van der Waals surface area contributed by atoms with E-state index >= 15 is 0 Å². The van der Waals surface area contributed by atoms with Gasteiger partial charge in [-0.15, -0.1) is 0 Å². The van der Waals surface area contributed by atoms with Crippen molar-refractivity contribution in [1.82, 2.24) is 9.55 Å². The SMILES string of the molecule is COCCOc1cccc(NC(=O)CC(O)(c2nccn2C)C(F)(F)F)c1. The Labute approximate surface area is 153 Å². The predicted molar refractivity (Wildman–Crippen MR) is 90.2 cm³/mol. The Morgan fingerprint density at radius 2 is 2.07 bits per heavy atom. The topological polar surface area (TPSA) is 85.6 Å². The molecule has 1 heterocycles. The van der Waals surface area contributed by atoms with Gasteiger partial charge in [0.25, 0.3) is 0 Å². The molecule has 1 unspecified atom stereocenters. The number of halogens is 3. The molecule has 1 amide bonds. The van der Waals surface area contributed by atoms with Gasteiger partial charge in [0.15, 0.2) is 5.82 Å². The van der Waals surface area contributed by atoms with Crippen LogP contribution in [0.1, 0.15) is 12.2 Å². The molecule has 0 fully saturated rings. The Morgan fingerprint density at radius 1 is 1.33 bits per heavy atom. The zero-order valence-electron chi connectivity index (χ0n) is 14.8. The highest BCUT2D eigenvalue weighted by molar-refractivity contribution is 5.91. The molecule has 0 saturated heterocycles. The zero-order valence-corrected chi connectivity index (χ0v) is 14.8. The molecule has 148 valence electrons. The standard InChI is InChI=1S/C17H20F3N3O4/c1-23-7-6-21-15(23)16(25,17(18,19)20)11-14(24)22-12-4-3-5-13(10-12)27-9-8-26-2/h3-7,10,25H,8-9,11H2,1-2H3,(H,22,24). The number of hydrogen-bond acceptors (Lipinski definition) is 5. The van der Waals surface area contributed by atoms with Crippen LogP contribution in [0.2, 0.25) is 0 Å². The molecule has 0 aliphatic carbocycles. The van der Waals surface area contributed by atoms with Gasteiger partial charge in [-0.2, -0.15) is 13.2 Å². The van der Waals surface area contributed by atoms with Crippen LogP contribution >= 0.6 is 0 Å². The smallest absolute Gasteiger partial charge is 0.425 e. The first-order valence-electron chi connectivity index (χ1n) is 7.96. The summed E-state index contributed by atoms with van der Waals surface area (Å²) in [6.07, 6.45) is -3.96. The van der Waals surface area contributed by atoms with Crippen LogP contribution in [0, 0.1) is 0 Å². The molecule has 0 radical (unpaired) electrons. The van der Waals surface area contributed by atoms with Crippen molar-refractivity contribution in [2.45, 2.75) is 18.2 Å². The van der Waals surface area contributed by atoms with Crippen molar-refractivity contribution in [1.29, 1.82) is 0 Å². The largest absolute Gasteiger partial charge is 0.491 e. The summed E-state index contributed by atoms with van der Waals surface area (Å²) in [5.74, 6) is -1.27. The Balaban J connectivity index is 2.13. The summed E-state index contributed by atoms with van der Waals surface area (Å²) in [7, 11) is 2.82. The minimum absolute atomic E-state index is 0.235. The van der Waals surface area contributed by atoms with Crippen LogP contribution in [-0.4, -0.2) is 47.1 Å². The lowest BCUT2D eigenvalue weighted by atomic mass is 9.97. The van der Waals surface area contributed by atoms with Gasteiger partial charge < -0.3 is 24.5 Å². The summed E-state index contributed by atoms with van der Waals surface area (Å²) in [5, 5.41) is 12.6. The maximum absolute atomic E-state index is 13.5. The molecule has 2 N–H and O–H groups in total. The van der Waals surface area contributed by atoms with Crippen LogP contribution in [0.25, 0.3) is 0 Å². The molecule has 0 spiro atoms. The first-order chi connectivity index (χ1) is 12.7. The number of hydrogen-bond donors (Lipinski definition) is 2. The van der Waals surface area contributed by atoms with E-state index in [0.29, 0.717) is 12.4 Å². The lowest BCUT2D eigenvalue weighted by molar-refractivity contribution is -0.270. The van der Waals surface area contributed by atoms with Crippen molar-refractivity contribution >= 4 is 11.6 Å². The van der Waals surface area contributed by atoms with E-state index in [-0.39, 0.29) is 12.3 Å². The molecule has 0 aliphatic heterocycles. The molecule has 2 aromatic rings. The fraction of sp³-hybridized carbons (Fsp3) is 0.412. The molecular weight excluding hydrogens is 367 g/mol. The average molecular weight is 387 g/mol. The number of rotatable bonds is 8. The second kappa shape index (κ2) is 8.40. The van der Waals surface area contributed by atoms with Gasteiger partial charge in [0.05, 0.1) is 13.0 Å². The van der Waals surface area contributed by atoms with Crippen LogP contribution in [0.4, 0.5) is 18.9 Å². The highest BCUT2D eigenvalue weighted by Crippen LogP contribution is 2.40. The summed E-state index contributed by atoms with van der Waals surface area (Å²) in [5.41, 5.74) is -3.18. The first kappa shape index (κ1) is 20.7. The lowest BCUT2D eigenvalue weighted by Crippen LogP contribution is -2.46. The van der Waals surface area contributed by atoms with Crippen LogP contribution in [0.3, 0.4) is 0 Å². The molecule has 1 atom stereocenters. The number of aryl methyl sites for hydroxylation is 1. The summed E-state index contributed by atoms with van der Waals surface area (Å²) in [6, 6.07) is 6.16. The van der Waals surface area contributed by atoms with E-state index in [4.69, 9.17) is 9.47 Å². The fourth-order valence-electron chi connectivity index (χ4n) is 2.41. The van der Waals surface area contributed by atoms with E-state index in [1.54, 1.807) is 12.1 Å². The molecule has 27 heavy (non-hydrogen) atoms. The van der Waals surface area contributed by atoms with Crippen LogP contribution in [-0.2, 0) is 22.2 Å². The average Bonchev–Trinajstić information content (AvgIpc) is 3.01. The van der Waals surface area contributed by atoms with Crippen molar-refractivity contribution in [2.24, 2.45) is 7.05 Å². The number of nitrogens with zero attached hydrogens (tertiary/aromatic N) is 2. The monoisotopic (exact) mass is 387 g/mol. The van der Waals surface area contributed by atoms with Gasteiger partial charge in [-0.3, -0.25) is 4.79 Å². The number of imidazole rings is 1. The fourth-order valence-corrected chi connectivity index (χ4v) is 2.41. The minimum atomic E-state index is -5.09. The molecule has 0 bridgehead atoms. The molecule has 2 rings (SSSR count). The highest BCUT2D eigenvalue weighted by atomic mass is 19.4. The second-order valence-corrected chi connectivity index (χ2v) is 5.81. The number of methoxy groups -OCH3 is 1. The number of amides is 1. The summed E-state index contributed by atoms with van der Waals surface area (Å²) in [4.78, 5) is 15.7. The van der Waals surface area contributed by atoms with E-state index in [1.165, 1.54) is 32.5 Å². The van der Waals surface area contributed by atoms with Gasteiger partial charge in [-0.25, -0.2) is 4.98 Å². The predicted octanol–water partition coefficient (Wildman–Crippen LogP) is 2.22. The Morgan fingerprint density at radius 3 is 2.67 bits per heavy atom. The number of carbonyl (C=O) groups excluding carboxylic acids is 1. The Hall–Kier alpha value is -2.59. The summed E-state index contributed by atoms with van der Waals surface area (Å²) >= 11 is 0. The van der Waals surface area contributed by atoms with Gasteiger partial charge in [0, 0.05) is 38.3 Å². The number of nitrogens with one attached hydrogen (secondary N) is 1. The summed E-state index contributed by atoms with van der Waals surface area (Å²) < 4.78 is 51.7.